The van der Waals surface area contributed by atoms with Crippen LogP contribution in [-0.4, -0.2) is 56.2 Å². The fourth-order valence-electron chi connectivity index (χ4n) is 7.69. The molecule has 12 heteroatoms. The highest BCUT2D eigenvalue weighted by molar-refractivity contribution is 7.47. The Hall–Kier alpha value is -1.01. The molecule has 0 aromatic rings. The average Bonchev–Trinajstić information content (AvgIpc) is 2.99. The van der Waals surface area contributed by atoms with Crippen LogP contribution in [0.1, 0.15) is 52.4 Å². The van der Waals surface area contributed by atoms with E-state index in [0.29, 0.717) is 19.3 Å². The first-order valence-corrected chi connectivity index (χ1v) is 12.8. The third-order valence-corrected chi connectivity index (χ3v) is 10.0. The average molecular weight is 488 g/mol. The number of nitrogens with one attached hydrogen (secondary N) is 1. The van der Waals surface area contributed by atoms with E-state index in [1.165, 1.54) is 0 Å². The molecule has 4 aliphatic rings. The van der Waals surface area contributed by atoms with E-state index in [9.17, 15) is 34.4 Å². The second-order valence-electron chi connectivity index (χ2n) is 10.4. The van der Waals surface area contributed by atoms with Crippen LogP contribution >= 0.6 is 7.82 Å². The minimum absolute atomic E-state index is 0.113. The summed E-state index contributed by atoms with van der Waals surface area (Å²) in [4.78, 5) is 35.0. The molecular formula is C21H33N2O9P. The van der Waals surface area contributed by atoms with Crippen LogP contribution in [-0.2, 0) is 23.3 Å². The Morgan fingerprint density at radius 3 is 2.70 bits per heavy atom. The second kappa shape index (κ2) is 8.29. The summed E-state index contributed by atoms with van der Waals surface area (Å²) in [5.41, 5.74) is -1.21. The zero-order valence-corrected chi connectivity index (χ0v) is 19.7. The van der Waals surface area contributed by atoms with E-state index in [-0.39, 0.29) is 36.9 Å². The number of ketones is 2. The highest BCUT2D eigenvalue weighted by Crippen LogP contribution is 2.68. The fourth-order valence-corrected chi connectivity index (χ4v) is 8.48. The molecule has 0 heterocycles. The van der Waals surface area contributed by atoms with Gasteiger partial charge in [-0.15, -0.1) is 5.59 Å². The number of carbonyl (C=O) groups excluding carboxylic acids is 2. The van der Waals surface area contributed by atoms with Crippen LogP contribution in [0.25, 0.3) is 0 Å². The number of hydrogen-bond donors (Lipinski definition) is 6. The molecule has 0 saturated heterocycles. The standard InChI is InChI=1S/C21H33N2O9P/c1-19-9-15(26)18-13(14(19)5-6-21(19,28)16(27)10-24)4-3-11-7-12(25)8-17(20(11,18)2)31-33(29,30)32-23-22/h7,13-15,17-18,23-24,26,28H,3-6,8-10,22H2,1-2H3,(H,29,30)/t13-,14-,15-,17?,18+,19-,20+,21-/m0/s1. The van der Waals surface area contributed by atoms with Crippen molar-refractivity contribution in [2.24, 2.45) is 34.4 Å². The summed E-state index contributed by atoms with van der Waals surface area (Å²) >= 11 is 0. The first kappa shape index (κ1) is 25.1. The molecule has 186 valence electrons. The summed E-state index contributed by atoms with van der Waals surface area (Å²) in [5.74, 6) is 3.43. The smallest absolute Gasteiger partial charge is 0.393 e. The number of nitrogens with two attached hydrogens (primary N) is 1. The maximum Gasteiger partial charge on any atom is 0.490 e. The minimum atomic E-state index is -4.64. The molecule has 4 rings (SSSR count). The van der Waals surface area contributed by atoms with Gasteiger partial charge in [0.1, 0.15) is 12.2 Å². The van der Waals surface area contributed by atoms with Crippen LogP contribution in [0.5, 0.6) is 0 Å². The number of aliphatic hydroxyl groups excluding tert-OH is 2. The second-order valence-corrected chi connectivity index (χ2v) is 11.7. The molecule has 33 heavy (non-hydrogen) atoms. The van der Waals surface area contributed by atoms with Gasteiger partial charge in [-0.05, 0) is 55.9 Å². The van der Waals surface area contributed by atoms with Crippen LogP contribution < -0.4 is 11.4 Å². The zero-order chi connectivity index (χ0) is 24.4. The molecular weight excluding hydrogens is 455 g/mol. The summed E-state index contributed by atoms with van der Waals surface area (Å²) in [6, 6.07) is 0. The molecule has 0 amide bonds. The van der Waals surface area contributed by atoms with Gasteiger partial charge in [-0.2, -0.15) is 4.62 Å². The van der Waals surface area contributed by atoms with Crippen LogP contribution in [0.3, 0.4) is 0 Å². The number of aliphatic hydroxyl groups is 3. The third-order valence-electron chi connectivity index (χ3n) is 9.16. The van der Waals surface area contributed by atoms with E-state index in [1.807, 2.05) is 6.92 Å². The largest absolute Gasteiger partial charge is 0.490 e. The summed E-state index contributed by atoms with van der Waals surface area (Å²) < 4.78 is 22.2. The van der Waals surface area contributed by atoms with Gasteiger partial charge in [0, 0.05) is 17.3 Å². The minimum Gasteiger partial charge on any atom is -0.393 e. The van der Waals surface area contributed by atoms with E-state index < -0.39 is 54.8 Å². The van der Waals surface area contributed by atoms with Crippen molar-refractivity contribution in [3.63, 3.8) is 0 Å². The number of phosphoric ester groups is 1. The lowest BCUT2D eigenvalue weighted by Gasteiger charge is -2.61. The van der Waals surface area contributed by atoms with Crippen molar-refractivity contribution in [2.75, 3.05) is 6.61 Å². The predicted octanol–water partition coefficient (Wildman–Crippen LogP) is 0.272. The topological polar surface area (TPSA) is 189 Å². The fraction of sp³-hybridized carbons (Fsp3) is 0.810. The number of phosphoric acid groups is 1. The molecule has 0 radical (unpaired) electrons. The summed E-state index contributed by atoms with van der Waals surface area (Å²) in [7, 11) is -4.64. The molecule has 0 aliphatic heterocycles. The summed E-state index contributed by atoms with van der Waals surface area (Å²) in [6.07, 6.45) is 1.36. The lowest BCUT2D eigenvalue weighted by atomic mass is 9.45. The van der Waals surface area contributed by atoms with Crippen molar-refractivity contribution in [2.45, 2.75) is 70.2 Å². The van der Waals surface area contributed by atoms with Gasteiger partial charge < -0.3 is 20.2 Å². The maximum atomic E-state index is 12.5. The van der Waals surface area contributed by atoms with Gasteiger partial charge >= 0.3 is 7.82 Å². The Balaban J connectivity index is 1.74. The highest BCUT2D eigenvalue weighted by atomic mass is 31.2. The first-order chi connectivity index (χ1) is 15.3. The number of hydrazine groups is 1. The molecule has 0 aromatic heterocycles. The molecule has 0 spiro atoms. The van der Waals surface area contributed by atoms with Crippen molar-refractivity contribution in [3.05, 3.63) is 11.6 Å². The molecule has 3 fully saturated rings. The third kappa shape index (κ3) is 3.61. The number of Topliss-reactive ketones (excluding diaryl/α,β-unsaturated/α-hetero) is 1. The number of rotatable bonds is 6. The van der Waals surface area contributed by atoms with Crippen LogP contribution in [0.15, 0.2) is 11.6 Å². The van der Waals surface area contributed by atoms with E-state index in [2.05, 4.69) is 4.62 Å². The first-order valence-electron chi connectivity index (χ1n) is 11.3. The quantitative estimate of drug-likeness (QED) is 0.171. The summed E-state index contributed by atoms with van der Waals surface area (Å²) in [6.45, 7) is 2.85. The molecule has 11 nitrogen and oxygen atoms in total. The Labute approximate surface area is 191 Å². The molecule has 2 unspecified atom stereocenters. The van der Waals surface area contributed by atoms with Gasteiger partial charge in [-0.3, -0.25) is 14.1 Å². The Morgan fingerprint density at radius 1 is 1.36 bits per heavy atom. The Morgan fingerprint density at radius 2 is 2.06 bits per heavy atom. The van der Waals surface area contributed by atoms with Gasteiger partial charge in [-0.1, -0.05) is 19.4 Å². The zero-order valence-electron chi connectivity index (χ0n) is 18.8. The van der Waals surface area contributed by atoms with Gasteiger partial charge in [-0.25, -0.2) is 10.4 Å². The SMILES string of the molecule is C[C@]12C[C@H](O)[C@H]3[C@@H](CCC4=CC(=O)CC(OP(=O)(O)ONN)[C@@]43C)[C@@H]1CC[C@]2(O)C(=O)CO. The molecule has 4 aliphatic carbocycles. The molecule has 0 aromatic carbocycles. The molecule has 9 atom stereocenters. The van der Waals surface area contributed by atoms with Crippen LogP contribution in [0.2, 0.25) is 0 Å². The van der Waals surface area contributed by atoms with E-state index in [4.69, 9.17) is 10.4 Å². The molecule has 0 bridgehead atoms. The van der Waals surface area contributed by atoms with E-state index in [1.54, 1.807) is 18.6 Å². The maximum absolute atomic E-state index is 12.5. The van der Waals surface area contributed by atoms with Crippen molar-refractivity contribution >= 4 is 19.4 Å². The van der Waals surface area contributed by atoms with Crippen molar-refractivity contribution in [3.8, 4) is 0 Å². The monoisotopic (exact) mass is 488 g/mol. The Kier molecular flexibility index (Phi) is 6.30. The van der Waals surface area contributed by atoms with Crippen molar-refractivity contribution < 1.29 is 43.5 Å². The highest BCUT2D eigenvalue weighted by Gasteiger charge is 2.69. The molecule has 3 saturated carbocycles. The molecule has 7 N–H and O–H groups in total. The summed E-state index contributed by atoms with van der Waals surface area (Å²) in [5, 5.41) is 32.2. The van der Waals surface area contributed by atoms with Gasteiger partial charge in [0.2, 0.25) is 0 Å². The van der Waals surface area contributed by atoms with Gasteiger partial charge in [0.25, 0.3) is 0 Å². The van der Waals surface area contributed by atoms with Crippen molar-refractivity contribution in [1.82, 2.24) is 5.59 Å². The van der Waals surface area contributed by atoms with Crippen molar-refractivity contribution in [1.29, 1.82) is 0 Å². The normalized spacial score (nSPS) is 46.6. The number of fused-ring (bicyclic) bond motifs is 5. The van der Waals surface area contributed by atoms with E-state index >= 15 is 0 Å². The predicted molar refractivity (Wildman–Crippen MR) is 114 cm³/mol. The Bertz CT molecular complexity index is 927. The van der Waals surface area contributed by atoms with Crippen LogP contribution in [0.4, 0.5) is 0 Å². The van der Waals surface area contributed by atoms with Gasteiger partial charge in [0.05, 0.1) is 12.2 Å². The van der Waals surface area contributed by atoms with Gasteiger partial charge in [0.15, 0.2) is 11.6 Å². The number of hydrogen-bond acceptors (Lipinski definition) is 10. The van der Waals surface area contributed by atoms with E-state index in [0.717, 1.165) is 5.57 Å². The van der Waals surface area contributed by atoms with Crippen LogP contribution in [0, 0.1) is 28.6 Å². The lowest BCUT2D eigenvalue weighted by molar-refractivity contribution is -0.190. The number of carbonyl (C=O) groups is 2. The lowest BCUT2D eigenvalue weighted by Crippen LogP contribution is -2.64.